The second-order valence-electron chi connectivity index (χ2n) is 6.27. The highest BCUT2D eigenvalue weighted by atomic mass is 19.1. The molecule has 1 saturated heterocycles. The van der Waals surface area contributed by atoms with Crippen LogP contribution in [0.4, 0.5) is 4.39 Å². The van der Waals surface area contributed by atoms with Crippen LogP contribution in [0.5, 0.6) is 0 Å². The highest BCUT2D eigenvalue weighted by Gasteiger charge is 2.20. The number of likely N-dealkylation sites (tertiary alicyclic amines) is 1. The highest BCUT2D eigenvalue weighted by molar-refractivity contribution is 5.16. The Labute approximate surface area is 131 Å². The number of rotatable bonds is 5. The molecule has 0 N–H and O–H groups in total. The van der Waals surface area contributed by atoms with Crippen LogP contribution in [0, 0.1) is 18.7 Å². The Morgan fingerprint density at radius 2 is 2.14 bits per heavy atom. The summed E-state index contributed by atoms with van der Waals surface area (Å²) in [6, 6.07) is 6.90. The van der Waals surface area contributed by atoms with E-state index in [0.717, 1.165) is 37.6 Å². The van der Waals surface area contributed by atoms with E-state index in [1.54, 1.807) is 18.4 Å². The summed E-state index contributed by atoms with van der Waals surface area (Å²) in [6.45, 7) is 5.02. The van der Waals surface area contributed by atoms with Gasteiger partial charge < -0.3 is 4.42 Å². The van der Waals surface area contributed by atoms with Gasteiger partial charge in [0.1, 0.15) is 12.1 Å². The predicted molar refractivity (Wildman–Crippen MR) is 84.0 cm³/mol. The van der Waals surface area contributed by atoms with E-state index >= 15 is 0 Å². The van der Waals surface area contributed by atoms with Crippen molar-refractivity contribution in [3.63, 3.8) is 0 Å². The number of oxazole rings is 1. The molecule has 2 aromatic rings. The maximum atomic E-state index is 12.9. The first-order valence-corrected chi connectivity index (χ1v) is 8.07. The first-order chi connectivity index (χ1) is 10.7. The summed E-state index contributed by atoms with van der Waals surface area (Å²) >= 11 is 0. The lowest BCUT2D eigenvalue weighted by Gasteiger charge is -2.32. The molecule has 1 aliphatic rings. The summed E-state index contributed by atoms with van der Waals surface area (Å²) in [5.74, 6) is 1.29. The van der Waals surface area contributed by atoms with E-state index in [1.165, 1.54) is 24.8 Å². The van der Waals surface area contributed by atoms with Crippen molar-refractivity contribution in [2.45, 2.75) is 39.2 Å². The molecule has 1 fully saturated rings. The fourth-order valence-electron chi connectivity index (χ4n) is 3.26. The number of halogens is 1. The first kappa shape index (κ1) is 15.2. The van der Waals surface area contributed by atoms with Crippen molar-refractivity contribution in [1.29, 1.82) is 0 Å². The van der Waals surface area contributed by atoms with Gasteiger partial charge in [0.25, 0.3) is 0 Å². The predicted octanol–water partition coefficient (Wildman–Crippen LogP) is 3.97. The van der Waals surface area contributed by atoms with E-state index in [4.69, 9.17) is 4.42 Å². The molecule has 0 amide bonds. The van der Waals surface area contributed by atoms with Crippen LogP contribution in [-0.2, 0) is 13.0 Å². The monoisotopic (exact) mass is 302 g/mol. The van der Waals surface area contributed by atoms with E-state index in [1.807, 2.05) is 19.1 Å². The molecule has 1 aromatic carbocycles. The first-order valence-electron chi connectivity index (χ1n) is 8.07. The van der Waals surface area contributed by atoms with Crippen LogP contribution in [0.3, 0.4) is 0 Å². The molecule has 0 unspecified atom stereocenters. The van der Waals surface area contributed by atoms with Gasteiger partial charge in [0.2, 0.25) is 0 Å². The third-order valence-corrected chi connectivity index (χ3v) is 4.41. The zero-order chi connectivity index (χ0) is 15.4. The number of hydrogen-bond donors (Lipinski definition) is 0. The molecule has 118 valence electrons. The standard InChI is InChI=1S/C18H23FN2O/c1-14-20-18(13-22-14)12-21-10-2-3-16(11-21)5-4-15-6-8-17(19)9-7-15/h6-9,13,16H,2-5,10-12H2,1H3/t16-/m1/s1. The lowest BCUT2D eigenvalue weighted by atomic mass is 9.91. The molecule has 0 radical (unpaired) electrons. The van der Waals surface area contributed by atoms with Gasteiger partial charge in [-0.15, -0.1) is 0 Å². The minimum atomic E-state index is -0.157. The molecule has 0 saturated carbocycles. The van der Waals surface area contributed by atoms with Crippen LogP contribution in [0.2, 0.25) is 0 Å². The normalized spacial score (nSPS) is 19.5. The summed E-state index contributed by atoms with van der Waals surface area (Å²) < 4.78 is 18.2. The smallest absolute Gasteiger partial charge is 0.191 e. The van der Waals surface area contributed by atoms with Gasteiger partial charge in [-0.1, -0.05) is 12.1 Å². The second kappa shape index (κ2) is 7.05. The fraction of sp³-hybridized carbons (Fsp3) is 0.500. The molecule has 3 nitrogen and oxygen atoms in total. The third kappa shape index (κ3) is 4.17. The van der Waals surface area contributed by atoms with Crippen LogP contribution >= 0.6 is 0 Å². The third-order valence-electron chi connectivity index (χ3n) is 4.41. The summed E-state index contributed by atoms with van der Waals surface area (Å²) in [4.78, 5) is 6.86. The lowest BCUT2D eigenvalue weighted by molar-refractivity contribution is 0.160. The van der Waals surface area contributed by atoms with Crippen LogP contribution in [0.15, 0.2) is 34.9 Å². The largest absolute Gasteiger partial charge is 0.449 e. The van der Waals surface area contributed by atoms with E-state index in [0.29, 0.717) is 5.92 Å². The van der Waals surface area contributed by atoms with Crippen molar-refractivity contribution in [2.24, 2.45) is 5.92 Å². The Bertz CT molecular complexity index is 593. The van der Waals surface area contributed by atoms with Gasteiger partial charge in [-0.25, -0.2) is 9.37 Å². The Kier molecular flexibility index (Phi) is 4.88. The molecular formula is C18H23FN2O. The van der Waals surface area contributed by atoms with Gasteiger partial charge in [-0.05, 0) is 55.8 Å². The summed E-state index contributed by atoms with van der Waals surface area (Å²) in [6.07, 6.45) is 6.49. The maximum absolute atomic E-state index is 12.9. The Morgan fingerprint density at radius 1 is 1.32 bits per heavy atom. The molecule has 3 rings (SSSR count). The molecule has 1 atom stereocenters. The second-order valence-corrected chi connectivity index (χ2v) is 6.27. The highest BCUT2D eigenvalue weighted by Crippen LogP contribution is 2.23. The van der Waals surface area contributed by atoms with Crippen LogP contribution in [0.25, 0.3) is 0 Å². The Morgan fingerprint density at radius 3 is 2.86 bits per heavy atom. The molecule has 4 heteroatoms. The quantitative estimate of drug-likeness (QED) is 0.837. The average molecular weight is 302 g/mol. The van der Waals surface area contributed by atoms with Crippen molar-refractivity contribution in [2.75, 3.05) is 13.1 Å². The van der Waals surface area contributed by atoms with Gasteiger partial charge in [0, 0.05) is 20.0 Å². The van der Waals surface area contributed by atoms with Crippen LogP contribution in [0.1, 0.15) is 36.4 Å². The number of aryl methyl sites for hydroxylation is 2. The number of aromatic nitrogens is 1. The molecule has 22 heavy (non-hydrogen) atoms. The molecule has 0 bridgehead atoms. The maximum Gasteiger partial charge on any atom is 0.191 e. The van der Waals surface area contributed by atoms with Crippen LogP contribution in [-0.4, -0.2) is 23.0 Å². The molecular weight excluding hydrogens is 279 g/mol. The number of piperidine rings is 1. The minimum Gasteiger partial charge on any atom is -0.449 e. The molecule has 2 heterocycles. The van der Waals surface area contributed by atoms with Crippen molar-refractivity contribution >= 4 is 0 Å². The minimum absolute atomic E-state index is 0.157. The zero-order valence-electron chi connectivity index (χ0n) is 13.1. The van der Waals surface area contributed by atoms with Gasteiger partial charge in [-0.2, -0.15) is 0 Å². The van der Waals surface area contributed by atoms with Gasteiger partial charge in [0.15, 0.2) is 5.89 Å². The summed E-state index contributed by atoms with van der Waals surface area (Å²) in [5.41, 5.74) is 2.25. The number of hydrogen-bond acceptors (Lipinski definition) is 3. The van der Waals surface area contributed by atoms with Gasteiger partial charge in [-0.3, -0.25) is 4.90 Å². The van der Waals surface area contributed by atoms with E-state index in [2.05, 4.69) is 9.88 Å². The zero-order valence-corrected chi connectivity index (χ0v) is 13.1. The van der Waals surface area contributed by atoms with E-state index in [-0.39, 0.29) is 5.82 Å². The van der Waals surface area contributed by atoms with Crippen molar-refractivity contribution in [3.8, 4) is 0 Å². The SMILES string of the molecule is Cc1nc(CN2CCC[C@H](CCc3ccc(F)cc3)C2)co1. The van der Waals surface area contributed by atoms with E-state index in [9.17, 15) is 4.39 Å². The fourth-order valence-corrected chi connectivity index (χ4v) is 3.26. The molecule has 0 spiro atoms. The summed E-state index contributed by atoms with van der Waals surface area (Å²) in [7, 11) is 0. The van der Waals surface area contributed by atoms with Crippen molar-refractivity contribution < 1.29 is 8.81 Å². The molecule has 0 aliphatic carbocycles. The van der Waals surface area contributed by atoms with Gasteiger partial charge >= 0.3 is 0 Å². The average Bonchev–Trinajstić information content (AvgIpc) is 2.92. The molecule has 1 aliphatic heterocycles. The number of benzene rings is 1. The van der Waals surface area contributed by atoms with Gasteiger partial charge in [0.05, 0.1) is 5.69 Å². The Hall–Kier alpha value is -1.68. The summed E-state index contributed by atoms with van der Waals surface area (Å²) in [5, 5.41) is 0. The van der Waals surface area contributed by atoms with Crippen molar-refractivity contribution in [3.05, 3.63) is 53.5 Å². The van der Waals surface area contributed by atoms with Crippen molar-refractivity contribution in [1.82, 2.24) is 9.88 Å². The topological polar surface area (TPSA) is 29.3 Å². The Balaban J connectivity index is 1.49. The lowest BCUT2D eigenvalue weighted by Crippen LogP contribution is -2.35. The van der Waals surface area contributed by atoms with Crippen LogP contribution < -0.4 is 0 Å². The number of nitrogens with zero attached hydrogens (tertiary/aromatic N) is 2. The van der Waals surface area contributed by atoms with E-state index < -0.39 is 0 Å². The molecule has 1 aromatic heterocycles.